The van der Waals surface area contributed by atoms with Crippen LogP contribution in [0.2, 0.25) is 0 Å². The van der Waals surface area contributed by atoms with Gasteiger partial charge in [-0.15, -0.1) is 0 Å². The van der Waals surface area contributed by atoms with E-state index in [0.29, 0.717) is 29.7 Å². The number of ether oxygens (including phenoxy) is 4. The average molecular weight is 655 g/mol. The molecule has 0 radical (unpaired) electrons. The highest BCUT2D eigenvalue weighted by Crippen LogP contribution is 2.41. The zero-order valence-corrected chi connectivity index (χ0v) is 28.5. The lowest BCUT2D eigenvalue weighted by Gasteiger charge is -2.32. The second-order valence-corrected chi connectivity index (χ2v) is 11.9. The lowest BCUT2D eigenvalue weighted by molar-refractivity contribution is 0.118. The van der Waals surface area contributed by atoms with Crippen molar-refractivity contribution < 1.29 is 23.7 Å². The second-order valence-electron chi connectivity index (χ2n) is 11.9. The van der Waals surface area contributed by atoms with Gasteiger partial charge in [-0.2, -0.15) is 0 Å². The molecule has 0 unspecified atom stereocenters. The van der Waals surface area contributed by atoms with Crippen molar-refractivity contribution in [3.63, 3.8) is 0 Å². The number of amides is 1. The topological polar surface area (TPSA) is 110 Å². The summed E-state index contributed by atoms with van der Waals surface area (Å²) >= 11 is 0. The van der Waals surface area contributed by atoms with E-state index in [4.69, 9.17) is 18.9 Å². The summed E-state index contributed by atoms with van der Waals surface area (Å²) in [5.41, 5.74) is 6.00. The van der Waals surface area contributed by atoms with E-state index in [1.54, 1.807) is 26.5 Å². The molecule has 2 N–H and O–H groups in total. The normalized spacial score (nSPS) is 14.2. The van der Waals surface area contributed by atoms with Crippen LogP contribution in [0.15, 0.2) is 73.2 Å². The van der Waals surface area contributed by atoms with Crippen LogP contribution in [-0.2, 0) is 4.74 Å². The summed E-state index contributed by atoms with van der Waals surface area (Å²) in [4.78, 5) is 26.0. The zero-order chi connectivity index (χ0) is 33.9. The first-order valence-corrected chi connectivity index (χ1v) is 16.3. The molecule has 11 heteroatoms. The smallest absolute Gasteiger partial charge is 0.413 e. The fourth-order valence-corrected chi connectivity index (χ4v) is 5.80. The zero-order valence-electron chi connectivity index (χ0n) is 28.5. The number of piperazine rings is 1. The minimum atomic E-state index is -0.677. The van der Waals surface area contributed by atoms with E-state index in [0.717, 1.165) is 67.1 Å². The lowest BCUT2D eigenvalue weighted by Crippen LogP contribution is -2.44. The quantitative estimate of drug-likeness (QED) is 0.153. The van der Waals surface area contributed by atoms with E-state index in [1.165, 1.54) is 11.9 Å². The Hall–Kier alpha value is -4.87. The molecule has 2 heterocycles. The minimum absolute atomic E-state index is 0.261. The van der Waals surface area contributed by atoms with Gasteiger partial charge in [0.15, 0.2) is 11.5 Å². The monoisotopic (exact) mass is 654 g/mol. The Morgan fingerprint density at radius 2 is 1.71 bits per heavy atom. The molecule has 0 bridgehead atoms. The van der Waals surface area contributed by atoms with Crippen LogP contribution >= 0.6 is 0 Å². The van der Waals surface area contributed by atoms with Crippen LogP contribution in [0.5, 0.6) is 17.2 Å². The third kappa shape index (κ3) is 8.93. The van der Waals surface area contributed by atoms with Crippen molar-refractivity contribution >= 4 is 17.6 Å². The Kier molecular flexibility index (Phi) is 12.1. The molecular weight excluding hydrogens is 608 g/mol. The molecule has 0 saturated carbocycles. The maximum absolute atomic E-state index is 13.2. The highest BCUT2D eigenvalue weighted by atomic mass is 16.6. The number of rotatable bonds is 14. The summed E-state index contributed by atoms with van der Waals surface area (Å²) in [6.45, 7) is 10.3. The molecule has 11 nitrogen and oxygen atoms in total. The number of nitrogens with one attached hydrogen (secondary N) is 2. The molecule has 1 aliphatic heterocycles. The number of carbonyl (C=O) groups is 1. The third-order valence-electron chi connectivity index (χ3n) is 8.67. The molecule has 1 fully saturated rings. The maximum Gasteiger partial charge on any atom is 0.413 e. The molecule has 4 aromatic rings. The second kappa shape index (κ2) is 16.8. The third-order valence-corrected chi connectivity index (χ3v) is 8.67. The van der Waals surface area contributed by atoms with Gasteiger partial charge in [0.25, 0.3) is 0 Å². The SMILES string of the molecule is COc1cc(NC[C@@H](OC(=O)Nc2ccncn2)c2ccccc2-c2cccc(C)c2C)cc(OCCCN2CCN(C)CC2)c1OC. The number of hydrogen-bond acceptors (Lipinski definition) is 10. The van der Waals surface area contributed by atoms with Gasteiger partial charge >= 0.3 is 6.09 Å². The van der Waals surface area contributed by atoms with Gasteiger partial charge in [-0.1, -0.05) is 42.5 Å². The van der Waals surface area contributed by atoms with Crippen LogP contribution in [0.3, 0.4) is 0 Å². The molecule has 1 aliphatic rings. The number of benzene rings is 3. The number of hydrogen-bond donors (Lipinski definition) is 2. The van der Waals surface area contributed by atoms with E-state index in [2.05, 4.69) is 69.5 Å². The van der Waals surface area contributed by atoms with Gasteiger partial charge in [-0.25, -0.2) is 14.8 Å². The van der Waals surface area contributed by atoms with Crippen LogP contribution in [0.25, 0.3) is 11.1 Å². The fraction of sp³-hybridized carbons (Fsp3) is 0.378. The molecule has 1 amide bonds. The van der Waals surface area contributed by atoms with Crippen molar-refractivity contribution in [3.8, 4) is 28.4 Å². The standard InChI is InChI=1S/C37H46N6O5/c1-26-10-8-13-29(27(26)2)30-11-6-7-12-31(30)34(48-37(44)41-35-14-15-38-25-40-35)24-39-28-22-32(45-4)36(46-5)33(23-28)47-21-9-16-43-19-17-42(3)18-20-43/h6-8,10-15,22-23,25,34,39H,9,16-21,24H2,1-5H3,(H,38,40,41,44)/t34-/m1/s1. The number of carbonyl (C=O) groups excluding carboxylic acids is 1. The average Bonchev–Trinajstić information content (AvgIpc) is 3.10. The maximum atomic E-state index is 13.2. The fourth-order valence-electron chi connectivity index (χ4n) is 5.80. The Balaban J connectivity index is 1.37. The first-order valence-electron chi connectivity index (χ1n) is 16.3. The van der Waals surface area contributed by atoms with Crippen molar-refractivity contribution in [2.24, 2.45) is 0 Å². The molecule has 3 aromatic carbocycles. The highest BCUT2D eigenvalue weighted by Gasteiger charge is 2.23. The van der Waals surface area contributed by atoms with Crippen molar-refractivity contribution in [2.45, 2.75) is 26.4 Å². The predicted octanol–water partition coefficient (Wildman–Crippen LogP) is 6.20. The molecule has 1 aromatic heterocycles. The summed E-state index contributed by atoms with van der Waals surface area (Å²) in [5, 5.41) is 6.19. The summed E-state index contributed by atoms with van der Waals surface area (Å²) < 4.78 is 23.7. The summed E-state index contributed by atoms with van der Waals surface area (Å²) in [5.74, 6) is 1.98. The van der Waals surface area contributed by atoms with Crippen molar-refractivity contribution in [2.75, 3.05) is 77.8 Å². The molecule has 5 rings (SSSR count). The van der Waals surface area contributed by atoms with Crippen LogP contribution in [0.1, 0.15) is 29.2 Å². The molecule has 254 valence electrons. The molecule has 1 saturated heterocycles. The van der Waals surface area contributed by atoms with Crippen molar-refractivity contribution in [3.05, 3.63) is 89.9 Å². The lowest BCUT2D eigenvalue weighted by atomic mass is 9.91. The van der Waals surface area contributed by atoms with E-state index >= 15 is 0 Å². The number of aryl methyl sites for hydroxylation is 1. The summed E-state index contributed by atoms with van der Waals surface area (Å²) in [6, 6.07) is 19.6. The number of anilines is 2. The molecule has 48 heavy (non-hydrogen) atoms. The molecular formula is C37H46N6O5. The minimum Gasteiger partial charge on any atom is -0.493 e. The van der Waals surface area contributed by atoms with Crippen LogP contribution < -0.4 is 24.8 Å². The first kappa shape index (κ1) is 34.5. The summed E-state index contributed by atoms with van der Waals surface area (Å²) in [6.07, 6.45) is 2.50. The Bertz CT molecular complexity index is 1650. The molecule has 1 atom stereocenters. The first-order chi connectivity index (χ1) is 23.4. The highest BCUT2D eigenvalue weighted by molar-refractivity contribution is 5.83. The van der Waals surface area contributed by atoms with Crippen LogP contribution in [0, 0.1) is 13.8 Å². The van der Waals surface area contributed by atoms with Gasteiger partial charge in [0.1, 0.15) is 18.2 Å². The molecule has 0 aliphatic carbocycles. The van der Waals surface area contributed by atoms with Crippen LogP contribution in [-0.4, -0.2) is 93.0 Å². The Labute approximate surface area is 283 Å². The number of likely N-dealkylation sites (N-methyl/N-ethyl adjacent to an activating group) is 1. The molecule has 0 spiro atoms. The van der Waals surface area contributed by atoms with Gasteiger partial charge in [-0.3, -0.25) is 5.32 Å². The van der Waals surface area contributed by atoms with Crippen LogP contribution in [0.4, 0.5) is 16.3 Å². The van der Waals surface area contributed by atoms with Crippen molar-refractivity contribution in [1.29, 1.82) is 0 Å². The number of nitrogens with zero attached hydrogens (tertiary/aromatic N) is 4. The van der Waals surface area contributed by atoms with Gasteiger partial charge in [0.05, 0.1) is 27.4 Å². The van der Waals surface area contributed by atoms with Gasteiger partial charge in [0.2, 0.25) is 5.75 Å². The summed E-state index contributed by atoms with van der Waals surface area (Å²) in [7, 11) is 5.36. The van der Waals surface area contributed by atoms with Gasteiger partial charge in [-0.05, 0) is 55.6 Å². The number of methoxy groups -OCH3 is 2. The predicted molar refractivity (Wildman–Crippen MR) is 188 cm³/mol. The van der Waals surface area contributed by atoms with E-state index in [1.807, 2.05) is 36.4 Å². The van der Waals surface area contributed by atoms with E-state index in [9.17, 15) is 4.79 Å². The number of aromatic nitrogens is 2. The van der Waals surface area contributed by atoms with E-state index < -0.39 is 12.2 Å². The van der Waals surface area contributed by atoms with Gasteiger partial charge in [0, 0.05) is 62.3 Å². The van der Waals surface area contributed by atoms with E-state index in [-0.39, 0.29) is 6.54 Å². The Morgan fingerprint density at radius 3 is 2.46 bits per heavy atom. The Morgan fingerprint density at radius 1 is 0.938 bits per heavy atom. The largest absolute Gasteiger partial charge is 0.493 e. The van der Waals surface area contributed by atoms with Crippen molar-refractivity contribution in [1.82, 2.24) is 19.8 Å². The van der Waals surface area contributed by atoms with Gasteiger partial charge < -0.3 is 34.1 Å².